The standard InChI is InChI=1S/C42H50N2O4/c1-33(2)42(48)44(41(36-25-13-5-14-26-36)37-27-15-6-16-28-37)32-20-7-17-29-38(45)43(31-19-8-18-30-39(46)47)40(34-21-9-3-10-22-34)35-23-11-4-12-24-35/h3-6,9-16,21-28,33,40-41H,7-8,17-20,29-32H2,1-2H3,(H,46,47). The zero-order valence-electron chi connectivity index (χ0n) is 28.4. The third-order valence-corrected chi connectivity index (χ3v) is 8.76. The summed E-state index contributed by atoms with van der Waals surface area (Å²) in [5.74, 6) is -0.723. The fourth-order valence-electron chi connectivity index (χ4n) is 6.36. The molecule has 252 valence electrons. The minimum atomic E-state index is -0.790. The van der Waals surface area contributed by atoms with Crippen LogP contribution < -0.4 is 0 Å². The highest BCUT2D eigenvalue weighted by atomic mass is 16.4. The first kappa shape index (κ1) is 36.1. The van der Waals surface area contributed by atoms with Crippen LogP contribution in [-0.2, 0) is 14.4 Å². The van der Waals surface area contributed by atoms with E-state index in [0.29, 0.717) is 25.9 Å². The van der Waals surface area contributed by atoms with E-state index in [2.05, 4.69) is 48.5 Å². The zero-order chi connectivity index (χ0) is 34.1. The maximum atomic E-state index is 14.0. The van der Waals surface area contributed by atoms with Crippen molar-refractivity contribution < 1.29 is 19.5 Å². The Hall–Kier alpha value is -4.71. The number of aliphatic carboxylic acids is 1. The Morgan fingerprint density at radius 3 is 1.23 bits per heavy atom. The predicted octanol–water partition coefficient (Wildman–Crippen LogP) is 9.08. The molecule has 1 N–H and O–H groups in total. The molecule has 0 aliphatic rings. The normalized spacial score (nSPS) is 11.2. The summed E-state index contributed by atoms with van der Waals surface area (Å²) in [6.45, 7) is 5.06. The van der Waals surface area contributed by atoms with E-state index in [1.54, 1.807) is 0 Å². The van der Waals surface area contributed by atoms with Gasteiger partial charge in [0, 0.05) is 31.8 Å². The Bertz CT molecular complexity index is 1450. The molecule has 0 aromatic heterocycles. The van der Waals surface area contributed by atoms with Crippen LogP contribution in [-0.4, -0.2) is 45.8 Å². The van der Waals surface area contributed by atoms with Crippen molar-refractivity contribution >= 4 is 17.8 Å². The summed E-state index contributed by atoms with van der Waals surface area (Å²) in [6, 6.07) is 40.3. The highest BCUT2D eigenvalue weighted by molar-refractivity contribution is 5.79. The van der Waals surface area contributed by atoms with Gasteiger partial charge in [-0.15, -0.1) is 0 Å². The first-order valence-electron chi connectivity index (χ1n) is 17.4. The van der Waals surface area contributed by atoms with Crippen molar-refractivity contribution in [3.8, 4) is 0 Å². The van der Waals surface area contributed by atoms with E-state index < -0.39 is 5.97 Å². The van der Waals surface area contributed by atoms with E-state index in [0.717, 1.165) is 54.4 Å². The first-order valence-corrected chi connectivity index (χ1v) is 17.4. The third kappa shape index (κ3) is 10.7. The topological polar surface area (TPSA) is 77.9 Å². The van der Waals surface area contributed by atoms with Crippen LogP contribution in [0, 0.1) is 5.92 Å². The Kier molecular flexibility index (Phi) is 14.4. The summed E-state index contributed by atoms with van der Waals surface area (Å²) >= 11 is 0. The maximum absolute atomic E-state index is 14.0. The average Bonchev–Trinajstić information content (AvgIpc) is 3.11. The molecular weight excluding hydrogens is 596 g/mol. The van der Waals surface area contributed by atoms with Gasteiger partial charge in [-0.25, -0.2) is 0 Å². The van der Waals surface area contributed by atoms with Crippen molar-refractivity contribution in [3.05, 3.63) is 144 Å². The van der Waals surface area contributed by atoms with Crippen molar-refractivity contribution in [3.63, 3.8) is 0 Å². The third-order valence-electron chi connectivity index (χ3n) is 8.76. The fraction of sp³-hybridized carbons (Fsp3) is 0.357. The second-order valence-corrected chi connectivity index (χ2v) is 12.7. The van der Waals surface area contributed by atoms with E-state index in [9.17, 15) is 14.4 Å². The average molecular weight is 647 g/mol. The van der Waals surface area contributed by atoms with Crippen LogP contribution in [0.5, 0.6) is 0 Å². The molecule has 48 heavy (non-hydrogen) atoms. The van der Waals surface area contributed by atoms with Crippen molar-refractivity contribution in [2.24, 2.45) is 5.92 Å². The number of nitrogens with zero attached hydrogens (tertiary/aromatic N) is 2. The fourth-order valence-corrected chi connectivity index (χ4v) is 6.36. The molecule has 0 bridgehead atoms. The minimum absolute atomic E-state index is 0.0903. The molecule has 0 aliphatic heterocycles. The lowest BCUT2D eigenvalue weighted by Gasteiger charge is -2.34. The number of carboxylic acids is 1. The van der Waals surface area contributed by atoms with Gasteiger partial charge in [0.2, 0.25) is 11.8 Å². The number of hydrogen-bond donors (Lipinski definition) is 1. The summed E-state index contributed by atoms with van der Waals surface area (Å²) in [7, 11) is 0. The van der Waals surface area contributed by atoms with Crippen molar-refractivity contribution in [2.45, 2.75) is 77.3 Å². The molecule has 6 heteroatoms. The second-order valence-electron chi connectivity index (χ2n) is 12.7. The van der Waals surface area contributed by atoms with Gasteiger partial charge in [-0.3, -0.25) is 14.4 Å². The van der Waals surface area contributed by atoms with Crippen LogP contribution in [0.3, 0.4) is 0 Å². The molecule has 4 rings (SSSR count). The van der Waals surface area contributed by atoms with Gasteiger partial charge >= 0.3 is 5.97 Å². The summed E-state index contributed by atoms with van der Waals surface area (Å²) < 4.78 is 0. The maximum Gasteiger partial charge on any atom is 0.303 e. The molecule has 0 radical (unpaired) electrons. The molecule has 0 aliphatic carbocycles. The molecule has 0 spiro atoms. The van der Waals surface area contributed by atoms with E-state index in [4.69, 9.17) is 5.11 Å². The van der Waals surface area contributed by atoms with Crippen LogP contribution >= 0.6 is 0 Å². The molecule has 2 amide bonds. The molecular formula is C42H50N2O4. The summed E-state index contributed by atoms with van der Waals surface area (Å²) in [5, 5.41) is 9.09. The number of unbranched alkanes of at least 4 members (excludes halogenated alkanes) is 4. The van der Waals surface area contributed by atoms with Gasteiger partial charge in [-0.05, 0) is 47.9 Å². The molecule has 0 saturated carbocycles. The van der Waals surface area contributed by atoms with Gasteiger partial charge in [0.25, 0.3) is 0 Å². The van der Waals surface area contributed by atoms with Crippen LogP contribution in [0.1, 0.15) is 99.6 Å². The molecule has 4 aromatic rings. The second kappa shape index (κ2) is 19.2. The van der Waals surface area contributed by atoms with Crippen LogP contribution in [0.15, 0.2) is 121 Å². The summed E-state index contributed by atoms with van der Waals surface area (Å²) in [4.78, 5) is 42.8. The Balaban J connectivity index is 1.47. The number of rotatable bonds is 19. The summed E-state index contributed by atoms with van der Waals surface area (Å²) in [6.07, 6.45) is 4.95. The molecule has 6 nitrogen and oxygen atoms in total. The van der Waals surface area contributed by atoms with E-state index in [-0.39, 0.29) is 36.2 Å². The lowest BCUT2D eigenvalue weighted by Crippen LogP contribution is -2.39. The molecule has 0 saturated heterocycles. The van der Waals surface area contributed by atoms with Gasteiger partial charge in [-0.2, -0.15) is 0 Å². The SMILES string of the molecule is CC(C)C(=O)N(CCCCCC(=O)N(CCCCCC(=O)O)C(c1ccccc1)c1ccccc1)C(c1ccccc1)c1ccccc1. The Labute approximate surface area is 286 Å². The smallest absolute Gasteiger partial charge is 0.303 e. The minimum Gasteiger partial charge on any atom is -0.481 e. The number of benzene rings is 4. The molecule has 0 unspecified atom stereocenters. The number of carboxylic acid groups (broad SMARTS) is 1. The Morgan fingerprint density at radius 1 is 0.500 bits per heavy atom. The highest BCUT2D eigenvalue weighted by Gasteiger charge is 2.29. The van der Waals surface area contributed by atoms with Crippen molar-refractivity contribution in [2.75, 3.05) is 13.1 Å². The first-order chi connectivity index (χ1) is 23.4. The van der Waals surface area contributed by atoms with Crippen LogP contribution in [0.25, 0.3) is 0 Å². The van der Waals surface area contributed by atoms with Gasteiger partial charge in [0.1, 0.15) is 0 Å². The number of amides is 2. The number of hydrogen-bond acceptors (Lipinski definition) is 3. The van der Waals surface area contributed by atoms with E-state index in [1.807, 2.05) is 96.4 Å². The lowest BCUT2D eigenvalue weighted by molar-refractivity contribution is -0.137. The highest BCUT2D eigenvalue weighted by Crippen LogP contribution is 2.32. The van der Waals surface area contributed by atoms with E-state index in [1.165, 1.54) is 0 Å². The van der Waals surface area contributed by atoms with Crippen molar-refractivity contribution in [1.82, 2.24) is 9.80 Å². The summed E-state index contributed by atoms with van der Waals surface area (Å²) in [5.41, 5.74) is 4.27. The van der Waals surface area contributed by atoms with Crippen LogP contribution in [0.4, 0.5) is 0 Å². The quantitative estimate of drug-likeness (QED) is 0.103. The molecule has 4 aromatic carbocycles. The van der Waals surface area contributed by atoms with Gasteiger partial charge in [0.05, 0.1) is 12.1 Å². The largest absolute Gasteiger partial charge is 0.481 e. The predicted molar refractivity (Wildman–Crippen MR) is 192 cm³/mol. The van der Waals surface area contributed by atoms with Gasteiger partial charge < -0.3 is 14.9 Å². The van der Waals surface area contributed by atoms with Gasteiger partial charge in [0.15, 0.2) is 0 Å². The molecule has 0 heterocycles. The number of carbonyl (C=O) groups excluding carboxylic acids is 2. The zero-order valence-corrected chi connectivity index (χ0v) is 28.4. The molecule has 0 fully saturated rings. The molecule has 0 atom stereocenters. The van der Waals surface area contributed by atoms with Crippen LogP contribution in [0.2, 0.25) is 0 Å². The lowest BCUT2D eigenvalue weighted by atomic mass is 9.95. The van der Waals surface area contributed by atoms with Crippen molar-refractivity contribution in [1.29, 1.82) is 0 Å². The van der Waals surface area contributed by atoms with E-state index >= 15 is 0 Å². The van der Waals surface area contributed by atoms with Gasteiger partial charge in [-0.1, -0.05) is 148 Å². The monoisotopic (exact) mass is 646 g/mol. The Morgan fingerprint density at radius 2 is 0.854 bits per heavy atom. The number of carbonyl (C=O) groups is 3.